The molecular formula is C57H87NO5Si. The summed E-state index contributed by atoms with van der Waals surface area (Å²) in [7, 11) is -1.90. The van der Waals surface area contributed by atoms with Crippen LogP contribution >= 0.6 is 0 Å². The van der Waals surface area contributed by atoms with Crippen molar-refractivity contribution < 1.29 is 23.9 Å². The monoisotopic (exact) mass is 894 g/mol. The number of carbonyl (C=O) groups excluding carboxylic acids is 2. The summed E-state index contributed by atoms with van der Waals surface area (Å²) in [5.74, 6) is 3.18. The number of benzene rings is 2. The van der Waals surface area contributed by atoms with Crippen molar-refractivity contribution in [2.75, 3.05) is 6.54 Å². The van der Waals surface area contributed by atoms with E-state index in [0.717, 1.165) is 77.0 Å². The Bertz CT molecular complexity index is 1760. The SMILES string of the molecule is CCNC(=O)CCC/C=C\C[C@@H]1[C@@H](/C=C/[C@H](C)CCc2ccccc2)[C@H](C)C[C@@H]1O.C[C@@H]1C[C@@H]2OC(=O)CCC/C=C\C[C@@H]2[C@H]1/C=C/[C@H](CCc1ccccc1)O[Si](C)(C)C(C)(C)C. The second-order valence-electron chi connectivity index (χ2n) is 20.9. The summed E-state index contributed by atoms with van der Waals surface area (Å²) in [6.07, 6.45) is 31.2. The van der Waals surface area contributed by atoms with Crippen LogP contribution in [0.25, 0.3) is 0 Å². The molecule has 1 aliphatic heterocycles. The fourth-order valence-electron chi connectivity index (χ4n) is 9.59. The molecule has 2 saturated carbocycles. The number of aliphatic hydroxyl groups is 1. The number of aryl methyl sites for hydroxylation is 2. The van der Waals surface area contributed by atoms with E-state index in [1.165, 1.54) is 11.1 Å². The number of rotatable bonds is 19. The minimum absolute atomic E-state index is 0.0240. The highest BCUT2D eigenvalue weighted by atomic mass is 28.4. The first-order valence-electron chi connectivity index (χ1n) is 25.1. The number of fused-ring (bicyclic) bond motifs is 1. The predicted molar refractivity (Wildman–Crippen MR) is 270 cm³/mol. The highest BCUT2D eigenvalue weighted by Crippen LogP contribution is 2.44. The number of aliphatic hydroxyl groups excluding tert-OH is 1. The number of amides is 1. The van der Waals surface area contributed by atoms with Crippen LogP contribution in [0.1, 0.15) is 137 Å². The maximum absolute atomic E-state index is 12.3. The molecule has 7 heteroatoms. The number of ether oxygens (including phenoxy) is 1. The molecule has 0 saturated heterocycles. The van der Waals surface area contributed by atoms with Gasteiger partial charge in [-0.1, -0.05) is 151 Å². The zero-order valence-corrected chi connectivity index (χ0v) is 42.4. The Balaban J connectivity index is 0.000000283. The molecule has 64 heavy (non-hydrogen) atoms. The van der Waals surface area contributed by atoms with Gasteiger partial charge in [0.25, 0.3) is 0 Å². The Morgan fingerprint density at radius 2 is 1.55 bits per heavy atom. The third-order valence-corrected chi connectivity index (χ3v) is 19.1. The molecule has 354 valence electrons. The van der Waals surface area contributed by atoms with Crippen molar-refractivity contribution in [1.29, 1.82) is 0 Å². The van der Waals surface area contributed by atoms with E-state index in [1.54, 1.807) is 0 Å². The van der Waals surface area contributed by atoms with Crippen molar-refractivity contribution in [3.8, 4) is 0 Å². The van der Waals surface area contributed by atoms with Crippen molar-refractivity contribution in [2.45, 2.75) is 175 Å². The minimum atomic E-state index is -1.90. The maximum atomic E-state index is 12.3. The number of nitrogens with one attached hydrogen (secondary N) is 1. The van der Waals surface area contributed by atoms with Crippen LogP contribution in [0.2, 0.25) is 18.1 Å². The van der Waals surface area contributed by atoms with Crippen molar-refractivity contribution in [1.82, 2.24) is 5.32 Å². The smallest absolute Gasteiger partial charge is 0.306 e. The Kier molecular flexibility index (Phi) is 22.6. The van der Waals surface area contributed by atoms with Gasteiger partial charge >= 0.3 is 5.97 Å². The van der Waals surface area contributed by atoms with Gasteiger partial charge in [-0.15, -0.1) is 0 Å². The lowest BCUT2D eigenvalue weighted by Crippen LogP contribution is -2.43. The molecule has 6 nitrogen and oxygen atoms in total. The van der Waals surface area contributed by atoms with E-state index in [2.05, 4.69) is 169 Å². The minimum Gasteiger partial charge on any atom is -0.462 e. The van der Waals surface area contributed by atoms with E-state index < -0.39 is 8.32 Å². The molecule has 2 aromatic rings. The quantitative estimate of drug-likeness (QED) is 0.0635. The largest absolute Gasteiger partial charge is 0.462 e. The fourth-order valence-corrected chi connectivity index (χ4v) is 10.9. The van der Waals surface area contributed by atoms with Crippen LogP contribution in [0.15, 0.2) is 109 Å². The van der Waals surface area contributed by atoms with Gasteiger partial charge in [0, 0.05) is 25.3 Å². The first kappa shape index (κ1) is 53.1. The van der Waals surface area contributed by atoms with Gasteiger partial charge in [-0.3, -0.25) is 9.59 Å². The third-order valence-electron chi connectivity index (χ3n) is 14.6. The van der Waals surface area contributed by atoms with Crippen LogP contribution in [0.4, 0.5) is 0 Å². The molecule has 0 radical (unpaired) electrons. The van der Waals surface area contributed by atoms with E-state index in [-0.39, 0.29) is 35.2 Å². The van der Waals surface area contributed by atoms with E-state index in [4.69, 9.17) is 9.16 Å². The molecule has 0 aromatic heterocycles. The van der Waals surface area contributed by atoms with Crippen LogP contribution in [0, 0.1) is 41.4 Å². The van der Waals surface area contributed by atoms with E-state index in [0.29, 0.717) is 60.8 Å². The van der Waals surface area contributed by atoms with E-state index in [1.807, 2.05) is 6.92 Å². The van der Waals surface area contributed by atoms with Crippen LogP contribution in [0.3, 0.4) is 0 Å². The Morgan fingerprint density at radius 3 is 2.20 bits per heavy atom. The highest BCUT2D eigenvalue weighted by Gasteiger charge is 2.42. The molecule has 3 aliphatic rings. The average molecular weight is 894 g/mol. The van der Waals surface area contributed by atoms with Gasteiger partial charge in [0.15, 0.2) is 8.32 Å². The van der Waals surface area contributed by atoms with Gasteiger partial charge < -0.3 is 19.6 Å². The zero-order valence-electron chi connectivity index (χ0n) is 41.4. The summed E-state index contributed by atoms with van der Waals surface area (Å²) in [5, 5.41) is 13.6. The second-order valence-corrected chi connectivity index (χ2v) is 25.6. The second kappa shape index (κ2) is 27.2. The van der Waals surface area contributed by atoms with Crippen LogP contribution < -0.4 is 5.32 Å². The summed E-state index contributed by atoms with van der Waals surface area (Å²) in [6, 6.07) is 21.4. The van der Waals surface area contributed by atoms with Gasteiger partial charge in [-0.05, 0) is 149 Å². The van der Waals surface area contributed by atoms with E-state index in [9.17, 15) is 14.7 Å². The molecule has 0 unspecified atom stereocenters. The number of unbranched alkanes of at least 4 members (excludes halogenated alkanes) is 1. The molecular weight excluding hydrogens is 807 g/mol. The van der Waals surface area contributed by atoms with Crippen molar-refractivity contribution in [3.63, 3.8) is 0 Å². The van der Waals surface area contributed by atoms with Crippen LogP contribution in [-0.4, -0.2) is 50.2 Å². The first-order chi connectivity index (χ1) is 30.6. The third kappa shape index (κ3) is 18.0. The summed E-state index contributed by atoms with van der Waals surface area (Å²) < 4.78 is 12.9. The van der Waals surface area contributed by atoms with Gasteiger partial charge in [0.05, 0.1) is 12.2 Å². The first-order valence-corrected chi connectivity index (χ1v) is 28.0. The Labute approximate surface area is 391 Å². The zero-order chi connectivity index (χ0) is 46.5. The van der Waals surface area contributed by atoms with E-state index >= 15 is 0 Å². The molecule has 5 rings (SSSR count). The summed E-state index contributed by atoms with van der Waals surface area (Å²) in [6.45, 7) is 21.1. The lowest BCUT2D eigenvalue weighted by atomic mass is 9.86. The molecule has 2 aliphatic carbocycles. The number of hydrogen-bond donors (Lipinski definition) is 2. The van der Waals surface area contributed by atoms with Gasteiger partial charge in [0.1, 0.15) is 6.10 Å². The normalized spacial score (nSPS) is 26.9. The Hall–Kier alpha value is -3.52. The number of esters is 1. The van der Waals surface area contributed by atoms with Gasteiger partial charge in [-0.25, -0.2) is 0 Å². The standard InChI is InChI=1S/C30H46O3Si.C27H41NO2/c1-23-22-28-27(16-12-7-8-13-17-29(31)32-28)26(23)21-20-25(33-34(5,6)30(2,3)4)19-18-24-14-10-9-11-15-24;1-4-28-27(30)15-11-6-5-10-14-25-24(22(3)20-26(25)29)19-17-21(2)16-18-23-12-8-7-9-13-23/h7,9-12,14-15,20-21,23,25-28H,8,13,16-19,22H2,1-6H3;5,7-10,12-13,17,19,21-22,24-26,29H,4,6,11,14-16,18,20H2,1-3H3,(H,28,30)/b12-7-,21-20+;10-5-,19-17+/t23-,25+,26+,27-,28+;21-,22-,24+,25-,26+/m11/s1. The average Bonchev–Trinajstić information content (AvgIpc) is 3.70. The van der Waals surface area contributed by atoms with Crippen LogP contribution in [-0.2, 0) is 31.6 Å². The lowest BCUT2D eigenvalue weighted by Gasteiger charge is -2.39. The van der Waals surface area contributed by atoms with Crippen molar-refractivity contribution in [2.24, 2.45) is 41.4 Å². The molecule has 2 N–H and O–H groups in total. The summed E-state index contributed by atoms with van der Waals surface area (Å²) in [5.41, 5.74) is 2.76. The number of hydrogen-bond acceptors (Lipinski definition) is 5. The van der Waals surface area contributed by atoms with Crippen LogP contribution in [0.5, 0.6) is 0 Å². The van der Waals surface area contributed by atoms with Crippen molar-refractivity contribution >= 4 is 20.2 Å². The highest BCUT2D eigenvalue weighted by molar-refractivity contribution is 6.74. The van der Waals surface area contributed by atoms with Crippen molar-refractivity contribution in [3.05, 3.63) is 120 Å². The molecule has 0 bridgehead atoms. The molecule has 0 spiro atoms. The number of allylic oxidation sites excluding steroid dienone is 7. The predicted octanol–water partition coefficient (Wildman–Crippen LogP) is 13.6. The number of carbonyl (C=O) groups is 2. The molecule has 2 fully saturated rings. The Morgan fingerprint density at radius 1 is 0.906 bits per heavy atom. The topological polar surface area (TPSA) is 84.9 Å². The summed E-state index contributed by atoms with van der Waals surface area (Å²) >= 11 is 0. The maximum Gasteiger partial charge on any atom is 0.306 e. The molecule has 10 atom stereocenters. The van der Waals surface area contributed by atoms with Gasteiger partial charge in [-0.2, -0.15) is 0 Å². The lowest BCUT2D eigenvalue weighted by molar-refractivity contribution is -0.151. The van der Waals surface area contributed by atoms with Gasteiger partial charge in [0.2, 0.25) is 5.91 Å². The molecule has 2 aromatic carbocycles. The molecule has 1 heterocycles. The molecule has 1 amide bonds. The fraction of sp³-hybridized carbons (Fsp3) is 0.614. The summed E-state index contributed by atoms with van der Waals surface area (Å²) in [4.78, 5) is 23.8.